The van der Waals surface area contributed by atoms with Crippen molar-refractivity contribution in [1.82, 2.24) is 35.7 Å². The minimum absolute atomic E-state index is 0.0907. The van der Waals surface area contributed by atoms with Gasteiger partial charge in [0.2, 0.25) is 0 Å². The normalized spacial score (nSPS) is 17.3. The summed E-state index contributed by atoms with van der Waals surface area (Å²) in [6.07, 6.45) is 4.09. The highest BCUT2D eigenvalue weighted by atomic mass is 35.5. The highest BCUT2D eigenvalue weighted by Gasteiger charge is 2.31. The van der Waals surface area contributed by atoms with E-state index in [1.807, 2.05) is 18.2 Å². The first kappa shape index (κ1) is 28.8. The molecule has 10 nitrogen and oxygen atoms in total. The van der Waals surface area contributed by atoms with E-state index in [1.54, 1.807) is 35.0 Å². The van der Waals surface area contributed by atoms with Crippen LogP contribution in [0.5, 0.6) is 0 Å². The zero-order chi connectivity index (χ0) is 29.1. The third-order valence-electron chi connectivity index (χ3n) is 7.63. The summed E-state index contributed by atoms with van der Waals surface area (Å²) >= 11 is 12.4. The summed E-state index contributed by atoms with van der Waals surface area (Å²) in [6.45, 7) is 7.18. The van der Waals surface area contributed by atoms with Crippen molar-refractivity contribution in [3.05, 3.63) is 75.4 Å². The Kier molecular flexibility index (Phi) is 8.42. The standard InChI is InChI=1S/C29H32Cl2N8O2/c1-29(2,3)20-9-11-21(12-10-20)32-27(41)25-15-24(19-8-13-22(30)23(31)14-19)36-39(25)16-17-4-6-18(7-5-17)26(40)33-28-34-37-38-35-28/h4-8,13-15,20-21H,9-12,16H2,1-3H3,(H,32,41)(H2,33,34,35,37,38,40). The van der Waals surface area contributed by atoms with E-state index in [0.717, 1.165) is 36.8 Å². The number of carbonyl (C=O) groups is 2. The van der Waals surface area contributed by atoms with Crippen molar-refractivity contribution < 1.29 is 9.59 Å². The first-order valence-corrected chi connectivity index (χ1v) is 14.3. The predicted molar refractivity (Wildman–Crippen MR) is 158 cm³/mol. The Morgan fingerprint density at radius 2 is 1.71 bits per heavy atom. The van der Waals surface area contributed by atoms with E-state index >= 15 is 0 Å². The summed E-state index contributed by atoms with van der Waals surface area (Å²) in [6, 6.07) is 14.2. The van der Waals surface area contributed by atoms with Crippen LogP contribution >= 0.6 is 23.2 Å². The second-order valence-electron chi connectivity index (χ2n) is 11.5. The molecule has 0 unspecified atom stereocenters. The lowest BCUT2D eigenvalue weighted by atomic mass is 9.71. The number of benzene rings is 2. The van der Waals surface area contributed by atoms with Crippen molar-refractivity contribution in [1.29, 1.82) is 0 Å². The Bertz CT molecular complexity index is 1520. The average molecular weight is 596 g/mol. The molecule has 2 heterocycles. The molecular weight excluding hydrogens is 563 g/mol. The number of nitrogens with one attached hydrogen (secondary N) is 3. The monoisotopic (exact) mass is 594 g/mol. The van der Waals surface area contributed by atoms with Gasteiger partial charge in [0, 0.05) is 17.2 Å². The molecule has 2 aromatic heterocycles. The molecule has 0 spiro atoms. The van der Waals surface area contributed by atoms with Gasteiger partial charge in [-0.15, -0.1) is 5.10 Å². The molecule has 1 saturated carbocycles. The summed E-state index contributed by atoms with van der Waals surface area (Å²) in [4.78, 5) is 26.0. The van der Waals surface area contributed by atoms with E-state index in [1.165, 1.54) is 0 Å². The van der Waals surface area contributed by atoms with Crippen LogP contribution in [-0.4, -0.2) is 48.3 Å². The highest BCUT2D eigenvalue weighted by molar-refractivity contribution is 6.42. The fourth-order valence-electron chi connectivity index (χ4n) is 5.20. The summed E-state index contributed by atoms with van der Waals surface area (Å²) in [5.41, 5.74) is 3.38. The van der Waals surface area contributed by atoms with E-state index in [-0.39, 0.29) is 29.2 Å². The zero-order valence-corrected chi connectivity index (χ0v) is 24.6. The molecule has 0 radical (unpaired) electrons. The quantitative estimate of drug-likeness (QED) is 0.240. The number of halogens is 2. The summed E-state index contributed by atoms with van der Waals surface area (Å²) in [7, 11) is 0. The number of hydrogen-bond acceptors (Lipinski definition) is 6. The van der Waals surface area contributed by atoms with Gasteiger partial charge in [0.1, 0.15) is 5.69 Å². The lowest BCUT2D eigenvalue weighted by molar-refractivity contribution is 0.0893. The third-order valence-corrected chi connectivity index (χ3v) is 8.37. The molecule has 2 aromatic carbocycles. The van der Waals surface area contributed by atoms with E-state index in [4.69, 9.17) is 28.3 Å². The molecule has 1 aliphatic rings. The molecule has 4 aromatic rings. The zero-order valence-electron chi connectivity index (χ0n) is 23.1. The molecule has 0 saturated heterocycles. The Morgan fingerprint density at radius 1 is 0.976 bits per heavy atom. The summed E-state index contributed by atoms with van der Waals surface area (Å²) in [5.74, 6) is 0.215. The lowest BCUT2D eigenvalue weighted by Crippen LogP contribution is -2.40. The van der Waals surface area contributed by atoms with E-state index < -0.39 is 0 Å². The molecule has 214 valence electrons. The van der Waals surface area contributed by atoms with Crippen LogP contribution in [0.3, 0.4) is 0 Å². The van der Waals surface area contributed by atoms with Crippen molar-refractivity contribution in [2.24, 2.45) is 11.3 Å². The molecule has 12 heteroatoms. The van der Waals surface area contributed by atoms with Crippen molar-refractivity contribution in [3.8, 4) is 11.3 Å². The Labute approximate surface area is 248 Å². The van der Waals surface area contributed by atoms with Crippen LogP contribution in [0.25, 0.3) is 11.3 Å². The molecule has 0 aliphatic heterocycles. The number of H-pyrrole nitrogens is 1. The van der Waals surface area contributed by atoms with Gasteiger partial charge in [-0.3, -0.25) is 19.6 Å². The molecule has 3 N–H and O–H groups in total. The number of tetrazole rings is 1. The molecule has 0 bridgehead atoms. The van der Waals surface area contributed by atoms with Crippen LogP contribution in [0.4, 0.5) is 5.95 Å². The molecule has 1 aliphatic carbocycles. The third kappa shape index (κ3) is 6.94. The van der Waals surface area contributed by atoms with Gasteiger partial charge in [0.05, 0.1) is 22.3 Å². The second-order valence-corrected chi connectivity index (χ2v) is 12.3. The van der Waals surface area contributed by atoms with Gasteiger partial charge in [-0.1, -0.05) is 67.3 Å². The van der Waals surface area contributed by atoms with Crippen LogP contribution < -0.4 is 10.6 Å². The van der Waals surface area contributed by atoms with E-state index in [2.05, 4.69) is 52.0 Å². The molecule has 5 rings (SSSR count). The first-order valence-electron chi connectivity index (χ1n) is 13.5. The number of amides is 2. The second kappa shape index (κ2) is 12.0. The van der Waals surface area contributed by atoms with Crippen LogP contribution in [-0.2, 0) is 6.54 Å². The molecular formula is C29H32Cl2N8O2. The number of aromatic amines is 1. The Morgan fingerprint density at radius 3 is 2.34 bits per heavy atom. The highest BCUT2D eigenvalue weighted by Crippen LogP contribution is 2.38. The van der Waals surface area contributed by atoms with E-state index in [0.29, 0.717) is 39.5 Å². The van der Waals surface area contributed by atoms with Gasteiger partial charge in [-0.25, -0.2) is 0 Å². The summed E-state index contributed by atoms with van der Waals surface area (Å²) in [5, 5.41) is 24.6. The van der Waals surface area contributed by atoms with Crippen LogP contribution in [0, 0.1) is 11.3 Å². The fourth-order valence-corrected chi connectivity index (χ4v) is 5.50. The Hall–Kier alpha value is -3.76. The SMILES string of the molecule is CC(C)(C)C1CCC(NC(=O)c2cc(-c3ccc(Cl)c(Cl)c3)nn2Cc2ccc(C(=O)Nc3nn[nH]n3)cc2)CC1. The van der Waals surface area contributed by atoms with Gasteiger partial charge in [-0.2, -0.15) is 10.3 Å². The van der Waals surface area contributed by atoms with Crippen molar-refractivity contribution in [2.45, 2.75) is 59.0 Å². The Balaban J connectivity index is 1.35. The number of rotatable bonds is 7. The van der Waals surface area contributed by atoms with Crippen LogP contribution in [0.15, 0.2) is 48.5 Å². The number of nitrogens with zero attached hydrogens (tertiary/aromatic N) is 5. The topological polar surface area (TPSA) is 130 Å². The van der Waals surface area contributed by atoms with E-state index in [9.17, 15) is 9.59 Å². The van der Waals surface area contributed by atoms with Crippen LogP contribution in [0.1, 0.15) is 72.9 Å². The number of anilines is 1. The van der Waals surface area contributed by atoms with Gasteiger partial charge >= 0.3 is 0 Å². The van der Waals surface area contributed by atoms with Crippen molar-refractivity contribution in [3.63, 3.8) is 0 Å². The fraction of sp³-hybridized carbons (Fsp3) is 0.379. The van der Waals surface area contributed by atoms with Crippen LogP contribution in [0.2, 0.25) is 10.0 Å². The minimum Gasteiger partial charge on any atom is -0.348 e. The first-order chi connectivity index (χ1) is 19.6. The smallest absolute Gasteiger partial charge is 0.270 e. The lowest BCUT2D eigenvalue weighted by Gasteiger charge is -2.37. The minimum atomic E-state index is -0.361. The number of carbonyl (C=O) groups excluding carboxylic acids is 2. The van der Waals surface area contributed by atoms with Crippen molar-refractivity contribution in [2.75, 3.05) is 5.32 Å². The molecule has 2 amide bonds. The van der Waals surface area contributed by atoms with Gasteiger partial charge in [0.25, 0.3) is 17.8 Å². The predicted octanol–water partition coefficient (Wildman–Crippen LogP) is 6.01. The summed E-state index contributed by atoms with van der Waals surface area (Å²) < 4.78 is 1.68. The molecule has 41 heavy (non-hydrogen) atoms. The van der Waals surface area contributed by atoms with Crippen molar-refractivity contribution >= 4 is 41.0 Å². The number of aromatic nitrogens is 6. The molecule has 0 atom stereocenters. The molecule has 1 fully saturated rings. The van der Waals surface area contributed by atoms with Gasteiger partial charge in [0.15, 0.2) is 0 Å². The van der Waals surface area contributed by atoms with Gasteiger partial charge in [-0.05, 0) is 78.1 Å². The number of hydrogen-bond donors (Lipinski definition) is 3. The van der Waals surface area contributed by atoms with Gasteiger partial charge < -0.3 is 5.32 Å². The maximum Gasteiger partial charge on any atom is 0.270 e. The largest absolute Gasteiger partial charge is 0.348 e. The maximum atomic E-state index is 13.6. The average Bonchev–Trinajstić information content (AvgIpc) is 3.61. The maximum absolute atomic E-state index is 13.6.